The van der Waals surface area contributed by atoms with E-state index < -0.39 is 32.2 Å². The highest BCUT2D eigenvalue weighted by atomic mass is 79.9. The fourth-order valence-electron chi connectivity index (χ4n) is 1.33. The normalized spacial score (nSPS) is 12.3. The van der Waals surface area contributed by atoms with Crippen LogP contribution in [0.4, 0.5) is 4.39 Å². The fraction of sp³-hybridized carbons (Fsp3) is 0.364. The van der Waals surface area contributed by atoms with Gasteiger partial charge in [0.05, 0.1) is 5.56 Å². The minimum Gasteiger partial charge on any atom is -0.347 e. The Morgan fingerprint density at radius 2 is 1.89 bits per heavy atom. The van der Waals surface area contributed by atoms with E-state index in [1.807, 2.05) is 0 Å². The zero-order valence-electron chi connectivity index (χ0n) is 10.6. The van der Waals surface area contributed by atoms with Crippen molar-refractivity contribution in [2.24, 2.45) is 5.14 Å². The first kappa shape index (κ1) is 16.1. The highest BCUT2D eigenvalue weighted by Crippen LogP contribution is 2.24. The van der Waals surface area contributed by atoms with E-state index in [0.29, 0.717) is 0 Å². The maximum absolute atomic E-state index is 13.5. The maximum atomic E-state index is 13.5. The third-order valence-corrected chi connectivity index (χ3v) is 3.64. The van der Waals surface area contributed by atoms with Crippen LogP contribution in [0.5, 0.6) is 0 Å². The van der Waals surface area contributed by atoms with Crippen LogP contribution in [0.25, 0.3) is 0 Å². The SMILES string of the molecule is CC(C)(C)NC(=O)c1cc(S(N)(=O)=O)c(F)cc1Br. The van der Waals surface area contributed by atoms with Gasteiger partial charge in [0.15, 0.2) is 0 Å². The van der Waals surface area contributed by atoms with Crippen molar-refractivity contribution in [2.75, 3.05) is 0 Å². The minimum atomic E-state index is -4.23. The van der Waals surface area contributed by atoms with Gasteiger partial charge in [-0.25, -0.2) is 17.9 Å². The lowest BCUT2D eigenvalue weighted by Gasteiger charge is -2.21. The average Bonchev–Trinajstić information content (AvgIpc) is 2.11. The molecule has 0 heterocycles. The Hall–Kier alpha value is -0.990. The number of carbonyl (C=O) groups excluding carboxylic acids is 1. The zero-order chi connectivity index (χ0) is 15.0. The number of hydrogen-bond acceptors (Lipinski definition) is 3. The van der Waals surface area contributed by atoms with Crippen LogP contribution in [0.15, 0.2) is 21.5 Å². The molecule has 0 aliphatic carbocycles. The molecule has 0 atom stereocenters. The lowest BCUT2D eigenvalue weighted by Crippen LogP contribution is -2.40. The van der Waals surface area contributed by atoms with Crippen LogP contribution in [0.2, 0.25) is 0 Å². The molecule has 0 radical (unpaired) electrons. The molecule has 8 heteroatoms. The van der Waals surface area contributed by atoms with Crippen molar-refractivity contribution in [1.29, 1.82) is 0 Å². The van der Waals surface area contributed by atoms with Crippen LogP contribution < -0.4 is 10.5 Å². The molecule has 1 rings (SSSR count). The molecule has 0 bridgehead atoms. The van der Waals surface area contributed by atoms with Crippen LogP contribution in [0.1, 0.15) is 31.1 Å². The lowest BCUT2D eigenvalue weighted by molar-refractivity contribution is 0.0918. The van der Waals surface area contributed by atoms with Crippen molar-refractivity contribution in [3.8, 4) is 0 Å². The Labute approximate surface area is 119 Å². The van der Waals surface area contributed by atoms with Gasteiger partial charge in [-0.1, -0.05) is 0 Å². The van der Waals surface area contributed by atoms with Crippen LogP contribution >= 0.6 is 15.9 Å². The molecule has 19 heavy (non-hydrogen) atoms. The molecule has 0 aliphatic rings. The summed E-state index contributed by atoms with van der Waals surface area (Å²) in [5.74, 6) is -1.54. The summed E-state index contributed by atoms with van der Waals surface area (Å²) in [6.45, 7) is 5.30. The Bertz CT molecular complexity index is 624. The van der Waals surface area contributed by atoms with Gasteiger partial charge in [0.1, 0.15) is 10.7 Å². The van der Waals surface area contributed by atoms with Crippen molar-refractivity contribution in [3.05, 3.63) is 28.0 Å². The van der Waals surface area contributed by atoms with Gasteiger partial charge >= 0.3 is 0 Å². The van der Waals surface area contributed by atoms with Crippen LogP contribution in [0.3, 0.4) is 0 Å². The third-order valence-electron chi connectivity index (χ3n) is 2.06. The number of nitrogens with two attached hydrogens (primary N) is 1. The van der Waals surface area contributed by atoms with E-state index in [1.165, 1.54) is 0 Å². The fourth-order valence-corrected chi connectivity index (χ4v) is 2.44. The second kappa shape index (κ2) is 5.18. The van der Waals surface area contributed by atoms with E-state index in [-0.39, 0.29) is 10.0 Å². The maximum Gasteiger partial charge on any atom is 0.252 e. The molecular weight excluding hydrogens is 339 g/mol. The topological polar surface area (TPSA) is 89.3 Å². The summed E-state index contributed by atoms with van der Waals surface area (Å²) in [6.07, 6.45) is 0. The van der Waals surface area contributed by atoms with Gasteiger partial charge < -0.3 is 5.32 Å². The minimum absolute atomic E-state index is 0.000324. The highest BCUT2D eigenvalue weighted by molar-refractivity contribution is 9.10. The van der Waals surface area contributed by atoms with E-state index >= 15 is 0 Å². The molecule has 3 N–H and O–H groups in total. The molecule has 5 nitrogen and oxygen atoms in total. The smallest absolute Gasteiger partial charge is 0.252 e. The van der Waals surface area contributed by atoms with Gasteiger partial charge in [-0.15, -0.1) is 0 Å². The number of rotatable bonds is 2. The van der Waals surface area contributed by atoms with Gasteiger partial charge in [0.2, 0.25) is 10.0 Å². The van der Waals surface area contributed by atoms with Gasteiger partial charge in [-0.05, 0) is 48.8 Å². The van der Waals surface area contributed by atoms with Crippen LogP contribution in [0, 0.1) is 5.82 Å². The monoisotopic (exact) mass is 352 g/mol. The number of carbonyl (C=O) groups is 1. The summed E-state index contributed by atoms with van der Waals surface area (Å²) in [5, 5.41) is 7.54. The molecule has 0 unspecified atom stereocenters. The quantitative estimate of drug-likeness (QED) is 0.849. The van der Waals surface area contributed by atoms with Crippen molar-refractivity contribution in [3.63, 3.8) is 0 Å². The summed E-state index contributed by atoms with van der Waals surface area (Å²) in [4.78, 5) is 11.3. The predicted molar refractivity (Wildman–Crippen MR) is 72.7 cm³/mol. The molecule has 1 amide bonds. The number of benzene rings is 1. The van der Waals surface area contributed by atoms with Gasteiger partial charge in [-0.3, -0.25) is 4.79 Å². The van der Waals surface area contributed by atoms with E-state index in [9.17, 15) is 17.6 Å². The van der Waals surface area contributed by atoms with E-state index in [4.69, 9.17) is 5.14 Å². The third kappa shape index (κ3) is 4.26. The Balaban J connectivity index is 3.34. The van der Waals surface area contributed by atoms with Crippen molar-refractivity contribution in [2.45, 2.75) is 31.2 Å². The number of sulfonamides is 1. The molecule has 0 aromatic heterocycles. The molecule has 0 fully saturated rings. The summed E-state index contributed by atoms with van der Waals surface area (Å²) in [7, 11) is -4.23. The van der Waals surface area contributed by atoms with Gasteiger partial charge in [0, 0.05) is 10.0 Å². The predicted octanol–water partition coefficient (Wildman–Crippen LogP) is 1.76. The largest absolute Gasteiger partial charge is 0.347 e. The van der Waals surface area contributed by atoms with Crippen molar-refractivity contribution >= 4 is 31.9 Å². The Kier molecular flexibility index (Phi) is 4.38. The van der Waals surface area contributed by atoms with E-state index in [0.717, 1.165) is 12.1 Å². The number of amides is 1. The second-order valence-electron chi connectivity index (χ2n) is 5.01. The molecule has 0 spiro atoms. The summed E-state index contributed by atoms with van der Waals surface area (Å²) >= 11 is 3.02. The average molecular weight is 353 g/mol. The summed E-state index contributed by atoms with van der Waals surface area (Å²) in [5.41, 5.74) is -0.507. The highest BCUT2D eigenvalue weighted by Gasteiger charge is 2.22. The number of hydrogen-bond donors (Lipinski definition) is 2. The number of nitrogens with one attached hydrogen (secondary N) is 1. The Morgan fingerprint density at radius 3 is 2.32 bits per heavy atom. The van der Waals surface area contributed by atoms with Crippen LogP contribution in [-0.4, -0.2) is 19.9 Å². The van der Waals surface area contributed by atoms with Gasteiger partial charge in [-0.2, -0.15) is 0 Å². The van der Waals surface area contributed by atoms with Crippen molar-refractivity contribution < 1.29 is 17.6 Å². The molecule has 0 saturated carbocycles. The first-order chi connectivity index (χ1) is 8.42. The molecular formula is C11H14BrFN2O3S. The standard InChI is InChI=1S/C11H14BrFN2O3S/c1-11(2,3)15-10(16)6-4-9(19(14,17)18)8(13)5-7(6)12/h4-5H,1-3H3,(H,15,16)(H2,14,17,18). The second-order valence-corrected chi connectivity index (χ2v) is 7.40. The van der Waals surface area contributed by atoms with E-state index in [2.05, 4.69) is 21.2 Å². The van der Waals surface area contributed by atoms with Gasteiger partial charge in [0.25, 0.3) is 5.91 Å². The molecule has 106 valence electrons. The lowest BCUT2D eigenvalue weighted by atomic mass is 10.1. The summed E-state index contributed by atoms with van der Waals surface area (Å²) in [6, 6.07) is 1.81. The molecule has 1 aromatic carbocycles. The number of halogens is 2. The first-order valence-electron chi connectivity index (χ1n) is 5.26. The molecule has 1 aromatic rings. The first-order valence-corrected chi connectivity index (χ1v) is 7.60. The van der Waals surface area contributed by atoms with Crippen LogP contribution in [-0.2, 0) is 10.0 Å². The molecule has 0 aliphatic heterocycles. The Morgan fingerprint density at radius 1 is 1.37 bits per heavy atom. The molecule has 0 saturated heterocycles. The zero-order valence-corrected chi connectivity index (χ0v) is 13.0. The van der Waals surface area contributed by atoms with E-state index in [1.54, 1.807) is 20.8 Å². The number of primary sulfonamides is 1. The summed E-state index contributed by atoms with van der Waals surface area (Å²) < 4.78 is 36.1. The van der Waals surface area contributed by atoms with Crippen molar-refractivity contribution in [1.82, 2.24) is 5.32 Å².